The van der Waals surface area contributed by atoms with Crippen LogP contribution in [0.3, 0.4) is 0 Å². The van der Waals surface area contributed by atoms with Crippen molar-refractivity contribution in [2.75, 3.05) is 62.3 Å². The van der Waals surface area contributed by atoms with Gasteiger partial charge in [-0.25, -0.2) is 9.80 Å². The summed E-state index contributed by atoms with van der Waals surface area (Å²) in [4.78, 5) is 18.0. The number of carbonyl (C=O) groups is 1. The fourth-order valence-corrected chi connectivity index (χ4v) is 11.0. The van der Waals surface area contributed by atoms with E-state index >= 15 is 0 Å². The molecule has 308 valence electrons. The van der Waals surface area contributed by atoms with Gasteiger partial charge < -0.3 is 37.9 Å². The second-order valence-electron chi connectivity index (χ2n) is 13.9. The lowest BCUT2D eigenvalue weighted by Gasteiger charge is -2.43. The maximum absolute atomic E-state index is 12.7. The first-order valence-electron chi connectivity index (χ1n) is 20.6. The molecule has 4 aromatic rings. The lowest BCUT2D eigenvalue weighted by Crippen LogP contribution is -2.46. The summed E-state index contributed by atoms with van der Waals surface area (Å²) in [6.45, 7) is 19.9. The van der Waals surface area contributed by atoms with Crippen LogP contribution in [-0.4, -0.2) is 83.7 Å². The molecule has 0 atom stereocenters. The van der Waals surface area contributed by atoms with Gasteiger partial charge in [0, 0.05) is 98.8 Å². The Kier molecular flexibility index (Phi) is 14.2. The second-order valence-corrected chi connectivity index (χ2v) is 17.0. The number of nitrogens with zero attached hydrogens (tertiary/aromatic N) is 4. The monoisotopic (exact) mass is 823 g/mol. The van der Waals surface area contributed by atoms with Crippen molar-refractivity contribution in [3.8, 4) is 17.2 Å². The van der Waals surface area contributed by atoms with Crippen LogP contribution in [0.5, 0.6) is 17.2 Å². The molecule has 2 heterocycles. The van der Waals surface area contributed by atoms with Crippen LogP contribution in [0.15, 0.2) is 90.0 Å². The molecule has 11 nitrogen and oxygen atoms in total. The first-order valence-corrected chi connectivity index (χ1v) is 23.0. The molecular formula is C45H57N5O6SSi. The van der Waals surface area contributed by atoms with Crippen molar-refractivity contribution in [2.45, 2.75) is 66.5 Å². The van der Waals surface area contributed by atoms with Crippen molar-refractivity contribution in [2.24, 2.45) is 5.10 Å². The lowest BCUT2D eigenvalue weighted by molar-refractivity contribution is 0.0708. The standard InChI is InChI=1S/C45H57N5O6SSi/c1-8-48(9-2)34-22-26-39-41(30-34)56-42-31-35(49(10-3)11-4)23-27-40(42)45(39)38-19-16-15-18-37(38)43(57)50(45)47-32-33-20-24-36(25-21-33)55-44(51)46-28-17-29-58(52-12-5,53-13-6)54-14-7/h15-16,18-27,30-32H,8-14,17,28-29H2,1-7H3,(H,46,51)/b47-32+. The van der Waals surface area contributed by atoms with Crippen molar-refractivity contribution in [3.63, 3.8) is 0 Å². The van der Waals surface area contributed by atoms with Crippen LogP contribution in [0.1, 0.15) is 82.7 Å². The van der Waals surface area contributed by atoms with Crippen molar-refractivity contribution in [1.82, 2.24) is 10.3 Å². The van der Waals surface area contributed by atoms with E-state index in [2.05, 4.69) is 97.4 Å². The van der Waals surface area contributed by atoms with Crippen molar-refractivity contribution >= 4 is 49.7 Å². The fourth-order valence-electron chi connectivity index (χ4n) is 8.03. The van der Waals surface area contributed by atoms with Crippen LogP contribution in [0, 0.1) is 0 Å². The van der Waals surface area contributed by atoms with Crippen LogP contribution in [0.25, 0.3) is 0 Å². The number of amides is 1. The first kappa shape index (κ1) is 42.8. The molecule has 4 aromatic carbocycles. The number of carbonyl (C=O) groups excluding carboxylic acids is 1. The molecule has 0 radical (unpaired) electrons. The molecule has 1 amide bonds. The van der Waals surface area contributed by atoms with Gasteiger partial charge in [0.15, 0.2) is 0 Å². The number of anilines is 2. The predicted octanol–water partition coefficient (Wildman–Crippen LogP) is 9.33. The Morgan fingerprint density at radius 2 is 1.33 bits per heavy atom. The molecule has 0 aromatic heterocycles. The Labute approximate surface area is 350 Å². The molecule has 13 heteroatoms. The molecule has 0 unspecified atom stereocenters. The summed E-state index contributed by atoms with van der Waals surface area (Å²) in [5, 5.41) is 9.99. The molecule has 1 N–H and O–H groups in total. The van der Waals surface area contributed by atoms with Gasteiger partial charge in [-0.05, 0) is 102 Å². The molecule has 2 aliphatic rings. The lowest BCUT2D eigenvalue weighted by atomic mass is 9.75. The van der Waals surface area contributed by atoms with Crippen LogP contribution in [0.4, 0.5) is 16.2 Å². The molecule has 0 fully saturated rings. The largest absolute Gasteiger partial charge is 0.500 e. The molecular weight excluding hydrogens is 767 g/mol. The third-order valence-corrected chi connectivity index (χ3v) is 14.2. The summed E-state index contributed by atoms with van der Waals surface area (Å²) in [6, 6.07) is 29.1. The average Bonchev–Trinajstić information content (AvgIpc) is 3.47. The van der Waals surface area contributed by atoms with Crippen molar-refractivity contribution in [3.05, 3.63) is 113 Å². The van der Waals surface area contributed by atoms with Gasteiger partial charge in [-0.15, -0.1) is 0 Å². The number of rotatable bonds is 19. The van der Waals surface area contributed by atoms with Gasteiger partial charge in [-0.2, -0.15) is 5.10 Å². The number of ether oxygens (including phenoxy) is 2. The Morgan fingerprint density at radius 3 is 1.86 bits per heavy atom. The third-order valence-electron chi connectivity index (χ3n) is 10.7. The topological polar surface area (TPSA) is 97.3 Å². The third kappa shape index (κ3) is 8.50. The van der Waals surface area contributed by atoms with E-state index in [1.807, 2.05) is 44.0 Å². The summed E-state index contributed by atoms with van der Waals surface area (Å²) in [7, 11) is -2.78. The van der Waals surface area contributed by atoms with E-state index in [-0.39, 0.29) is 0 Å². The molecule has 0 saturated carbocycles. The highest BCUT2D eigenvalue weighted by atomic mass is 32.1. The zero-order valence-electron chi connectivity index (χ0n) is 34.9. The van der Waals surface area contributed by atoms with Crippen LogP contribution < -0.4 is 24.6 Å². The number of fused-ring (bicyclic) bond motifs is 6. The number of hydrogen-bond donors (Lipinski definition) is 1. The van der Waals surface area contributed by atoms with Gasteiger partial charge in [-0.3, -0.25) is 0 Å². The minimum atomic E-state index is -2.78. The van der Waals surface area contributed by atoms with Gasteiger partial charge in [-0.1, -0.05) is 48.6 Å². The van der Waals surface area contributed by atoms with E-state index in [1.54, 1.807) is 18.3 Å². The van der Waals surface area contributed by atoms with E-state index in [4.69, 9.17) is 40.1 Å². The zero-order chi connectivity index (χ0) is 41.3. The van der Waals surface area contributed by atoms with Crippen LogP contribution >= 0.6 is 12.2 Å². The number of benzene rings is 4. The highest BCUT2D eigenvalue weighted by molar-refractivity contribution is 7.80. The van der Waals surface area contributed by atoms with Gasteiger partial charge in [0.2, 0.25) is 0 Å². The van der Waals surface area contributed by atoms with Gasteiger partial charge in [0.25, 0.3) is 0 Å². The Balaban J connectivity index is 1.28. The quantitative estimate of drug-likeness (QED) is 0.0427. The minimum Gasteiger partial charge on any atom is -0.456 e. The number of nitrogens with one attached hydrogen (secondary N) is 1. The van der Waals surface area contributed by atoms with E-state index in [1.165, 1.54) is 0 Å². The molecule has 6 rings (SSSR count). The van der Waals surface area contributed by atoms with Gasteiger partial charge >= 0.3 is 14.9 Å². The highest BCUT2D eigenvalue weighted by Gasteiger charge is 2.55. The fraction of sp³-hybridized carbons (Fsp3) is 0.400. The summed E-state index contributed by atoms with van der Waals surface area (Å²) < 4.78 is 30.2. The van der Waals surface area contributed by atoms with E-state index in [0.717, 1.165) is 76.9 Å². The number of thiocarbonyl (C=S) groups is 1. The van der Waals surface area contributed by atoms with E-state index in [9.17, 15) is 4.79 Å². The minimum absolute atomic E-state index is 0.399. The SMILES string of the molecule is CCO[Si](CCCNC(=O)Oc1ccc(/C=N/N2C(=S)c3ccccc3C23c2ccc(N(CC)CC)cc2Oc2cc(N(CC)CC)ccc23)cc1)(OCC)OCC. The maximum atomic E-state index is 12.7. The average molecular weight is 824 g/mol. The summed E-state index contributed by atoms with van der Waals surface area (Å²) in [5.41, 5.74) is 6.03. The maximum Gasteiger partial charge on any atom is 0.500 e. The Bertz CT molecular complexity index is 1990. The molecule has 0 saturated heterocycles. The summed E-state index contributed by atoms with van der Waals surface area (Å²) >= 11 is 6.28. The number of hydrazone groups is 1. The van der Waals surface area contributed by atoms with E-state index in [0.29, 0.717) is 49.6 Å². The van der Waals surface area contributed by atoms with Gasteiger partial charge in [0.05, 0.1) is 6.21 Å². The van der Waals surface area contributed by atoms with Crippen molar-refractivity contribution < 1.29 is 27.5 Å². The van der Waals surface area contributed by atoms with Crippen LogP contribution in [0.2, 0.25) is 6.04 Å². The summed E-state index contributed by atoms with van der Waals surface area (Å²) in [5.74, 6) is 1.96. The van der Waals surface area contributed by atoms with E-state index < -0.39 is 20.4 Å². The molecule has 58 heavy (non-hydrogen) atoms. The number of hydrogen-bond acceptors (Lipinski definition) is 10. The van der Waals surface area contributed by atoms with Crippen molar-refractivity contribution in [1.29, 1.82) is 0 Å². The molecule has 1 spiro atoms. The first-order chi connectivity index (χ1) is 28.2. The van der Waals surface area contributed by atoms with Crippen LogP contribution in [-0.2, 0) is 18.8 Å². The Hall–Kier alpha value is -4.79. The van der Waals surface area contributed by atoms with Gasteiger partial charge in [0.1, 0.15) is 27.8 Å². The predicted molar refractivity (Wildman–Crippen MR) is 238 cm³/mol. The molecule has 0 aliphatic carbocycles. The molecule has 2 aliphatic heterocycles. The Morgan fingerprint density at radius 1 is 0.776 bits per heavy atom. The highest BCUT2D eigenvalue weighted by Crippen LogP contribution is 2.58. The second kappa shape index (κ2) is 19.3. The molecule has 0 bridgehead atoms. The zero-order valence-corrected chi connectivity index (χ0v) is 36.7. The summed E-state index contributed by atoms with van der Waals surface area (Å²) in [6.07, 6.45) is 1.90. The normalized spacial score (nSPS) is 13.9. The smallest absolute Gasteiger partial charge is 0.456 e.